The van der Waals surface area contributed by atoms with Crippen LogP contribution in [0.5, 0.6) is 0 Å². The number of carbonyl (C=O) groups is 1. The lowest BCUT2D eigenvalue weighted by atomic mass is 10.3. The van der Waals surface area contributed by atoms with Crippen LogP contribution in [0.1, 0.15) is 12.8 Å². The fourth-order valence-corrected chi connectivity index (χ4v) is 0.734. The molecular weight excluding hydrogens is 242 g/mol. The van der Waals surface area contributed by atoms with Crippen molar-refractivity contribution in [1.29, 1.82) is 0 Å². The summed E-state index contributed by atoms with van der Waals surface area (Å²) < 4.78 is 69.5. The molecule has 0 spiro atoms. The molecule has 2 N–H and O–H groups in total. The number of rotatable bonds is 4. The summed E-state index contributed by atoms with van der Waals surface area (Å²) in [4.78, 5) is 10.6. The SMILES string of the molecule is O=C(NCCCC(F)(F)F)NCC(F)(F)F. The first-order chi connectivity index (χ1) is 7.10. The third-order valence-electron chi connectivity index (χ3n) is 1.37. The first-order valence-electron chi connectivity index (χ1n) is 4.25. The number of hydrogen-bond acceptors (Lipinski definition) is 1. The first-order valence-corrected chi connectivity index (χ1v) is 4.25. The summed E-state index contributed by atoms with van der Waals surface area (Å²) in [5.41, 5.74) is 0. The minimum atomic E-state index is -4.54. The molecule has 0 rings (SSSR count). The van der Waals surface area contributed by atoms with Gasteiger partial charge in [0.2, 0.25) is 0 Å². The standard InChI is InChI=1S/C7H10F6N2O/c8-6(9,10)2-1-3-14-5(16)15-4-7(11,12)13/h1-4H2,(H2,14,15,16). The van der Waals surface area contributed by atoms with Gasteiger partial charge in [0.1, 0.15) is 6.54 Å². The largest absolute Gasteiger partial charge is 0.405 e. The van der Waals surface area contributed by atoms with Gasteiger partial charge in [0.25, 0.3) is 0 Å². The highest BCUT2D eigenvalue weighted by atomic mass is 19.4. The molecule has 0 aliphatic carbocycles. The Morgan fingerprint density at radius 1 is 0.938 bits per heavy atom. The van der Waals surface area contributed by atoms with E-state index in [-0.39, 0.29) is 13.0 Å². The summed E-state index contributed by atoms with van der Waals surface area (Å²) in [6.07, 6.45) is -10.3. The summed E-state index contributed by atoms with van der Waals surface area (Å²) in [5.74, 6) is 0. The average Bonchev–Trinajstić information content (AvgIpc) is 2.06. The first kappa shape index (κ1) is 14.8. The number of alkyl halides is 6. The number of hydrogen-bond donors (Lipinski definition) is 2. The van der Waals surface area contributed by atoms with Gasteiger partial charge in [-0.2, -0.15) is 26.3 Å². The van der Waals surface area contributed by atoms with Crippen LogP contribution in [0.4, 0.5) is 31.1 Å². The van der Waals surface area contributed by atoms with Crippen molar-refractivity contribution in [2.24, 2.45) is 0 Å². The highest BCUT2D eigenvalue weighted by Crippen LogP contribution is 2.20. The fraction of sp³-hybridized carbons (Fsp3) is 0.857. The molecule has 0 bridgehead atoms. The summed E-state index contributed by atoms with van der Waals surface area (Å²) in [6, 6.07) is -1.14. The molecule has 0 unspecified atom stereocenters. The number of carbonyl (C=O) groups excluding carboxylic acids is 1. The van der Waals surface area contributed by atoms with Crippen LogP contribution in [0.25, 0.3) is 0 Å². The molecule has 96 valence electrons. The zero-order chi connectivity index (χ0) is 12.8. The molecule has 0 fully saturated rings. The van der Waals surface area contributed by atoms with Gasteiger partial charge in [-0.3, -0.25) is 0 Å². The maximum Gasteiger partial charge on any atom is 0.405 e. The van der Waals surface area contributed by atoms with Gasteiger partial charge in [-0.25, -0.2) is 4.79 Å². The lowest BCUT2D eigenvalue weighted by Crippen LogP contribution is -2.41. The third-order valence-corrected chi connectivity index (χ3v) is 1.37. The Balaban J connectivity index is 3.52. The minimum absolute atomic E-state index is 0.330. The molecule has 0 atom stereocenters. The van der Waals surface area contributed by atoms with Gasteiger partial charge in [-0.05, 0) is 6.42 Å². The Bertz CT molecular complexity index is 224. The van der Waals surface area contributed by atoms with Crippen molar-refractivity contribution >= 4 is 6.03 Å². The molecule has 0 saturated carbocycles. The number of nitrogens with one attached hydrogen (secondary N) is 2. The van der Waals surface area contributed by atoms with Crippen molar-refractivity contribution in [2.75, 3.05) is 13.1 Å². The summed E-state index contributed by atoms with van der Waals surface area (Å²) >= 11 is 0. The third kappa shape index (κ3) is 10.9. The molecule has 16 heavy (non-hydrogen) atoms. The molecule has 2 amide bonds. The van der Waals surface area contributed by atoms with Crippen LogP contribution in [0.15, 0.2) is 0 Å². The Labute approximate surface area is 87.2 Å². The van der Waals surface area contributed by atoms with Crippen molar-refractivity contribution in [3.8, 4) is 0 Å². The topological polar surface area (TPSA) is 41.1 Å². The lowest BCUT2D eigenvalue weighted by molar-refractivity contribution is -0.135. The van der Waals surface area contributed by atoms with E-state index in [1.54, 1.807) is 0 Å². The van der Waals surface area contributed by atoms with Crippen molar-refractivity contribution in [3.63, 3.8) is 0 Å². The summed E-state index contributed by atoms with van der Waals surface area (Å²) in [5, 5.41) is 3.34. The van der Waals surface area contributed by atoms with Gasteiger partial charge < -0.3 is 10.6 Å². The van der Waals surface area contributed by atoms with E-state index >= 15 is 0 Å². The predicted octanol–water partition coefficient (Wildman–Crippen LogP) is 2.19. The molecule has 0 heterocycles. The predicted molar refractivity (Wildman–Crippen MR) is 42.7 cm³/mol. The maximum absolute atomic E-state index is 11.6. The van der Waals surface area contributed by atoms with E-state index in [0.717, 1.165) is 0 Å². The van der Waals surface area contributed by atoms with E-state index in [2.05, 4.69) is 0 Å². The minimum Gasteiger partial charge on any atom is -0.338 e. The molecule has 0 radical (unpaired) electrons. The van der Waals surface area contributed by atoms with Crippen LogP contribution in [-0.4, -0.2) is 31.5 Å². The van der Waals surface area contributed by atoms with Gasteiger partial charge in [0, 0.05) is 13.0 Å². The second kappa shape index (κ2) is 5.80. The van der Waals surface area contributed by atoms with Crippen LogP contribution < -0.4 is 10.6 Å². The number of urea groups is 1. The van der Waals surface area contributed by atoms with Crippen LogP contribution in [0.3, 0.4) is 0 Å². The number of halogens is 6. The molecular formula is C7H10F6N2O. The van der Waals surface area contributed by atoms with E-state index in [4.69, 9.17) is 0 Å². The molecule has 0 saturated heterocycles. The van der Waals surface area contributed by atoms with E-state index in [0.29, 0.717) is 0 Å². The van der Waals surface area contributed by atoms with E-state index in [1.807, 2.05) is 5.32 Å². The monoisotopic (exact) mass is 252 g/mol. The summed E-state index contributed by atoms with van der Waals surface area (Å²) in [7, 11) is 0. The Hall–Kier alpha value is -1.15. The van der Waals surface area contributed by atoms with Crippen LogP contribution >= 0.6 is 0 Å². The molecule has 9 heteroatoms. The molecule has 3 nitrogen and oxygen atoms in total. The zero-order valence-electron chi connectivity index (χ0n) is 8.00. The quantitative estimate of drug-likeness (QED) is 0.584. The van der Waals surface area contributed by atoms with E-state index < -0.39 is 31.3 Å². The second-order valence-electron chi connectivity index (χ2n) is 2.94. The lowest BCUT2D eigenvalue weighted by Gasteiger charge is -2.10. The zero-order valence-corrected chi connectivity index (χ0v) is 8.00. The van der Waals surface area contributed by atoms with Crippen molar-refractivity contribution in [1.82, 2.24) is 10.6 Å². The van der Waals surface area contributed by atoms with Crippen molar-refractivity contribution in [3.05, 3.63) is 0 Å². The summed E-state index contributed by atoms with van der Waals surface area (Å²) in [6.45, 7) is -1.85. The van der Waals surface area contributed by atoms with Crippen LogP contribution in [0, 0.1) is 0 Å². The Morgan fingerprint density at radius 3 is 1.94 bits per heavy atom. The molecule has 0 aliphatic heterocycles. The molecule has 0 aromatic rings. The van der Waals surface area contributed by atoms with Gasteiger partial charge in [0.05, 0.1) is 0 Å². The smallest absolute Gasteiger partial charge is 0.338 e. The maximum atomic E-state index is 11.6. The molecule has 0 aromatic heterocycles. The van der Waals surface area contributed by atoms with Gasteiger partial charge in [-0.15, -0.1) is 0 Å². The van der Waals surface area contributed by atoms with E-state index in [9.17, 15) is 31.1 Å². The molecule has 0 aromatic carbocycles. The fourth-order valence-electron chi connectivity index (χ4n) is 0.734. The molecule has 0 aliphatic rings. The van der Waals surface area contributed by atoms with E-state index in [1.165, 1.54) is 5.32 Å². The van der Waals surface area contributed by atoms with Crippen LogP contribution in [0.2, 0.25) is 0 Å². The van der Waals surface area contributed by atoms with Gasteiger partial charge in [0.15, 0.2) is 0 Å². The second-order valence-corrected chi connectivity index (χ2v) is 2.94. The highest BCUT2D eigenvalue weighted by Gasteiger charge is 2.28. The van der Waals surface area contributed by atoms with Crippen molar-refractivity contribution in [2.45, 2.75) is 25.2 Å². The highest BCUT2D eigenvalue weighted by molar-refractivity contribution is 5.73. The normalized spacial score (nSPS) is 12.4. The van der Waals surface area contributed by atoms with Gasteiger partial charge in [-0.1, -0.05) is 0 Å². The van der Waals surface area contributed by atoms with Gasteiger partial charge >= 0.3 is 18.4 Å². The average molecular weight is 252 g/mol. The Kier molecular flexibility index (Phi) is 5.39. The van der Waals surface area contributed by atoms with Crippen LogP contribution in [-0.2, 0) is 0 Å². The number of amides is 2. The van der Waals surface area contributed by atoms with Crippen molar-refractivity contribution < 1.29 is 31.1 Å². The Morgan fingerprint density at radius 2 is 1.50 bits per heavy atom.